The molecule has 6 rings (SSSR count). The number of ether oxygens (including phenoxy) is 1. The fourth-order valence-corrected chi connectivity index (χ4v) is 5.71. The van der Waals surface area contributed by atoms with Crippen LogP contribution in [0.15, 0.2) is 35.3 Å². The minimum Gasteiger partial charge on any atom is -0.477 e. The van der Waals surface area contributed by atoms with Crippen LogP contribution in [0.4, 0.5) is 25.0 Å². The van der Waals surface area contributed by atoms with Gasteiger partial charge in [-0.1, -0.05) is 6.07 Å². The largest absolute Gasteiger partial charge is 0.477 e. The number of pyridine rings is 1. The number of nitrogens with zero attached hydrogens (tertiary/aromatic N) is 3. The number of halogens is 2. The number of carbonyl (C=O) groups is 3. The van der Waals surface area contributed by atoms with Crippen molar-refractivity contribution in [1.29, 1.82) is 0 Å². The average Bonchev–Trinajstić information content (AvgIpc) is 3.72. The maximum Gasteiger partial charge on any atom is 0.414 e. The van der Waals surface area contributed by atoms with Crippen LogP contribution in [0.25, 0.3) is 10.9 Å². The van der Waals surface area contributed by atoms with E-state index >= 15 is 8.78 Å². The van der Waals surface area contributed by atoms with E-state index in [4.69, 9.17) is 4.74 Å². The number of rotatable bonds is 6. The van der Waals surface area contributed by atoms with E-state index in [-0.39, 0.29) is 48.2 Å². The molecular weight excluding hydrogens is 538 g/mol. The van der Waals surface area contributed by atoms with Gasteiger partial charge in [-0.05, 0) is 55.0 Å². The summed E-state index contributed by atoms with van der Waals surface area (Å²) in [4.78, 5) is 51.3. The van der Waals surface area contributed by atoms with Crippen molar-refractivity contribution in [2.45, 2.75) is 51.3 Å². The molecule has 12 heteroatoms. The molecule has 0 radical (unpaired) electrons. The molecule has 2 aliphatic heterocycles. The Morgan fingerprint density at radius 2 is 1.93 bits per heavy atom. The maximum absolute atomic E-state index is 16.2. The van der Waals surface area contributed by atoms with Gasteiger partial charge in [-0.3, -0.25) is 14.5 Å². The standard InChI is InChI=1S/C29H28F2N4O6/c1-15(36)32-11-20-13-35(29(40)41-20)19-5-4-17-12-33(8-2-3-16(17)9-19)26-23(30)10-21-25(24(26)31)34(18-6-7-18)14-22(27(21)37)28(38)39/h4-5,9-10,14,18,20H,2-3,6-8,11-13H2,1H3,(H,32,36)(H,38,39). The fourth-order valence-electron chi connectivity index (χ4n) is 5.71. The maximum atomic E-state index is 16.2. The number of carboxylic acid groups (broad SMARTS) is 1. The van der Waals surface area contributed by atoms with Crippen molar-refractivity contribution in [3.63, 3.8) is 0 Å². The zero-order valence-electron chi connectivity index (χ0n) is 22.3. The molecule has 2 aromatic carbocycles. The normalized spacial score (nSPS) is 18.7. The summed E-state index contributed by atoms with van der Waals surface area (Å²) in [5, 5.41) is 11.8. The molecule has 2 amide bonds. The summed E-state index contributed by atoms with van der Waals surface area (Å²) in [7, 11) is 0. The summed E-state index contributed by atoms with van der Waals surface area (Å²) in [6, 6.07) is 6.27. The molecule has 3 heterocycles. The van der Waals surface area contributed by atoms with E-state index in [0.29, 0.717) is 37.9 Å². The van der Waals surface area contributed by atoms with Crippen LogP contribution in [0.1, 0.15) is 53.7 Å². The third kappa shape index (κ3) is 4.87. The predicted molar refractivity (Wildman–Crippen MR) is 145 cm³/mol. The molecule has 2 N–H and O–H groups in total. The second kappa shape index (κ2) is 10.2. The van der Waals surface area contributed by atoms with E-state index in [9.17, 15) is 24.3 Å². The van der Waals surface area contributed by atoms with Gasteiger partial charge < -0.3 is 24.6 Å². The number of aromatic nitrogens is 1. The van der Waals surface area contributed by atoms with E-state index in [1.807, 2.05) is 12.1 Å². The molecule has 1 aliphatic carbocycles. The van der Waals surface area contributed by atoms with Crippen LogP contribution in [0, 0.1) is 11.6 Å². The van der Waals surface area contributed by atoms with Gasteiger partial charge in [0, 0.05) is 37.9 Å². The quantitative estimate of drug-likeness (QED) is 0.467. The molecule has 1 atom stereocenters. The molecule has 1 unspecified atom stereocenters. The van der Waals surface area contributed by atoms with Crippen molar-refractivity contribution in [3.8, 4) is 0 Å². The van der Waals surface area contributed by atoms with Gasteiger partial charge in [-0.2, -0.15) is 0 Å². The molecule has 41 heavy (non-hydrogen) atoms. The predicted octanol–water partition coefficient (Wildman–Crippen LogP) is 3.73. The molecule has 0 spiro atoms. The highest BCUT2D eigenvalue weighted by molar-refractivity contribution is 5.94. The Hall–Kier alpha value is -4.48. The molecule has 1 aromatic heterocycles. The molecular formula is C29H28F2N4O6. The number of cyclic esters (lactones) is 1. The smallest absolute Gasteiger partial charge is 0.414 e. The van der Waals surface area contributed by atoms with Crippen molar-refractivity contribution in [1.82, 2.24) is 9.88 Å². The number of benzene rings is 2. The second-order valence-electron chi connectivity index (χ2n) is 10.8. The van der Waals surface area contributed by atoms with Crippen molar-refractivity contribution >= 4 is 40.2 Å². The molecule has 214 valence electrons. The van der Waals surface area contributed by atoms with Gasteiger partial charge in [0.1, 0.15) is 23.2 Å². The van der Waals surface area contributed by atoms with Gasteiger partial charge in [0.05, 0.1) is 24.0 Å². The fraction of sp³-hybridized carbons (Fsp3) is 0.379. The Kier molecular flexibility index (Phi) is 6.63. The number of fused-ring (bicyclic) bond motifs is 2. The van der Waals surface area contributed by atoms with Crippen LogP contribution in [0.3, 0.4) is 0 Å². The van der Waals surface area contributed by atoms with E-state index < -0.39 is 40.8 Å². The number of hydrogen-bond acceptors (Lipinski definition) is 6. The van der Waals surface area contributed by atoms with Gasteiger partial charge in [-0.15, -0.1) is 0 Å². The van der Waals surface area contributed by atoms with E-state index in [1.54, 1.807) is 11.0 Å². The summed E-state index contributed by atoms with van der Waals surface area (Å²) >= 11 is 0. The van der Waals surface area contributed by atoms with Crippen molar-refractivity contribution in [3.05, 3.63) is 69.0 Å². The molecule has 1 saturated heterocycles. The van der Waals surface area contributed by atoms with Gasteiger partial charge in [-0.25, -0.2) is 18.4 Å². The lowest BCUT2D eigenvalue weighted by atomic mass is 10.0. The molecule has 0 bridgehead atoms. The lowest BCUT2D eigenvalue weighted by Gasteiger charge is -2.26. The molecule has 2 fully saturated rings. The SMILES string of the molecule is CC(=O)NCC1CN(c2ccc3c(c2)CCCN(c2c(F)cc4c(=O)c(C(=O)O)cn(C5CC5)c4c2F)C3)C(=O)O1. The average molecular weight is 567 g/mol. The van der Waals surface area contributed by atoms with E-state index in [2.05, 4.69) is 5.32 Å². The van der Waals surface area contributed by atoms with Crippen LogP contribution in [0.5, 0.6) is 0 Å². The number of aryl methyl sites for hydroxylation is 1. The first kappa shape index (κ1) is 26.7. The van der Waals surface area contributed by atoms with Gasteiger partial charge in [0.25, 0.3) is 0 Å². The number of carbonyl (C=O) groups excluding carboxylic acids is 2. The first-order valence-electron chi connectivity index (χ1n) is 13.5. The topological polar surface area (TPSA) is 121 Å². The van der Waals surface area contributed by atoms with Crippen LogP contribution in [-0.4, -0.2) is 53.4 Å². The van der Waals surface area contributed by atoms with Crippen LogP contribution >= 0.6 is 0 Å². The number of hydrogen-bond donors (Lipinski definition) is 2. The minimum absolute atomic E-state index is 0.0833. The molecule has 10 nitrogen and oxygen atoms in total. The monoisotopic (exact) mass is 566 g/mol. The van der Waals surface area contributed by atoms with Gasteiger partial charge in [0.15, 0.2) is 5.82 Å². The van der Waals surface area contributed by atoms with E-state index in [1.165, 1.54) is 22.6 Å². The highest BCUT2D eigenvalue weighted by atomic mass is 19.1. The molecule has 3 aromatic rings. The summed E-state index contributed by atoms with van der Waals surface area (Å²) in [5.41, 5.74) is 0.647. The third-order valence-electron chi connectivity index (χ3n) is 7.86. The Labute approximate surface area is 233 Å². The summed E-state index contributed by atoms with van der Waals surface area (Å²) in [6.45, 7) is 2.43. The summed E-state index contributed by atoms with van der Waals surface area (Å²) in [6.07, 6.45) is 2.80. The number of amides is 2. The summed E-state index contributed by atoms with van der Waals surface area (Å²) in [5.74, 6) is -3.47. The molecule has 3 aliphatic rings. The second-order valence-corrected chi connectivity index (χ2v) is 10.8. The lowest BCUT2D eigenvalue weighted by Crippen LogP contribution is -2.33. The number of aromatic carboxylic acids is 1. The Morgan fingerprint density at radius 3 is 2.63 bits per heavy atom. The van der Waals surface area contributed by atoms with Crippen LogP contribution in [0.2, 0.25) is 0 Å². The van der Waals surface area contributed by atoms with Crippen molar-refractivity contribution in [2.75, 3.05) is 29.4 Å². The zero-order valence-corrected chi connectivity index (χ0v) is 22.3. The lowest BCUT2D eigenvalue weighted by molar-refractivity contribution is -0.119. The highest BCUT2D eigenvalue weighted by Crippen LogP contribution is 2.40. The zero-order chi connectivity index (χ0) is 29.0. The highest BCUT2D eigenvalue weighted by Gasteiger charge is 2.34. The number of carboxylic acids is 1. The molecule has 1 saturated carbocycles. The van der Waals surface area contributed by atoms with E-state index in [0.717, 1.165) is 17.2 Å². The van der Waals surface area contributed by atoms with Gasteiger partial charge >= 0.3 is 12.1 Å². The first-order chi connectivity index (χ1) is 19.6. The minimum atomic E-state index is -1.44. The first-order valence-corrected chi connectivity index (χ1v) is 13.5. The van der Waals surface area contributed by atoms with Crippen molar-refractivity contribution < 1.29 is 33.0 Å². The Balaban J connectivity index is 1.32. The van der Waals surface area contributed by atoms with Crippen LogP contribution < -0.4 is 20.5 Å². The number of nitrogens with one attached hydrogen (secondary N) is 1. The third-order valence-corrected chi connectivity index (χ3v) is 7.86. The van der Waals surface area contributed by atoms with Gasteiger partial charge in [0.2, 0.25) is 11.3 Å². The Morgan fingerprint density at radius 1 is 1.15 bits per heavy atom. The Bertz CT molecular complexity index is 1670. The number of anilines is 2. The van der Waals surface area contributed by atoms with Crippen LogP contribution in [-0.2, 0) is 22.5 Å². The van der Waals surface area contributed by atoms with Crippen molar-refractivity contribution in [2.24, 2.45) is 0 Å². The summed E-state index contributed by atoms with van der Waals surface area (Å²) < 4.78 is 38.5.